The summed E-state index contributed by atoms with van der Waals surface area (Å²) in [6.45, 7) is 6.88. The molecule has 0 saturated carbocycles. The Labute approximate surface area is 123 Å². The second-order valence-corrected chi connectivity index (χ2v) is 4.60. The number of hydrogen-bond donors (Lipinski definition) is 1. The molecule has 1 atom stereocenters. The summed E-state index contributed by atoms with van der Waals surface area (Å²) >= 11 is 0. The van der Waals surface area contributed by atoms with E-state index < -0.39 is 0 Å². The Morgan fingerprint density at radius 1 is 1.15 bits per heavy atom. The summed E-state index contributed by atoms with van der Waals surface area (Å²) < 4.78 is 0. The minimum atomic E-state index is -0.370. The van der Waals surface area contributed by atoms with Crippen molar-refractivity contribution < 1.29 is 9.63 Å². The molecule has 20 heavy (non-hydrogen) atoms. The van der Waals surface area contributed by atoms with Gasteiger partial charge in [0.1, 0.15) is 0 Å². The monoisotopic (exact) mass is 277 g/mol. The van der Waals surface area contributed by atoms with Crippen LogP contribution < -0.4 is 5.48 Å². The van der Waals surface area contributed by atoms with Crippen LogP contribution in [0.4, 0.5) is 0 Å². The molecule has 0 aliphatic carbocycles. The predicted molar refractivity (Wildman–Crippen MR) is 85.0 cm³/mol. The van der Waals surface area contributed by atoms with Gasteiger partial charge in [-0.15, -0.1) is 0 Å². The lowest BCUT2D eigenvalue weighted by Gasteiger charge is -2.08. The third-order valence-corrected chi connectivity index (χ3v) is 2.72. The lowest BCUT2D eigenvalue weighted by molar-refractivity contribution is -0.145. The van der Waals surface area contributed by atoms with Gasteiger partial charge in [0, 0.05) is 12.6 Å². The molecule has 0 fully saturated rings. The molecule has 1 N–H and O–H groups in total. The van der Waals surface area contributed by atoms with E-state index in [4.69, 9.17) is 4.84 Å². The van der Waals surface area contributed by atoms with Gasteiger partial charge >= 0.3 is 5.97 Å². The minimum absolute atomic E-state index is 0.370. The van der Waals surface area contributed by atoms with E-state index in [-0.39, 0.29) is 5.97 Å². The summed E-state index contributed by atoms with van der Waals surface area (Å²) in [5.41, 5.74) is 2.68. The number of unbranched alkanes of at least 4 members (excludes halogenated alkanes) is 1. The number of hydroxylamine groups is 1. The van der Waals surface area contributed by atoms with Gasteiger partial charge in [0.2, 0.25) is 0 Å². The summed E-state index contributed by atoms with van der Waals surface area (Å²) in [7, 11) is 0. The van der Waals surface area contributed by atoms with Crippen LogP contribution in [0.1, 0.15) is 40.0 Å². The van der Waals surface area contributed by atoms with Crippen LogP contribution in [0.5, 0.6) is 0 Å². The van der Waals surface area contributed by atoms with Gasteiger partial charge in [0.15, 0.2) is 0 Å². The van der Waals surface area contributed by atoms with Gasteiger partial charge in [0.25, 0.3) is 0 Å². The van der Waals surface area contributed by atoms with E-state index >= 15 is 0 Å². The van der Waals surface area contributed by atoms with E-state index in [9.17, 15) is 4.79 Å². The average Bonchev–Trinajstić information content (AvgIpc) is 2.45. The lowest BCUT2D eigenvalue weighted by atomic mass is 10.1. The first-order chi connectivity index (χ1) is 9.70. The molecule has 3 heteroatoms. The molecule has 0 saturated heterocycles. The third kappa shape index (κ3) is 12.8. The largest absolute Gasteiger partial charge is 0.367 e. The molecule has 0 aromatic rings. The maximum atomic E-state index is 11.3. The number of carbonyl (C=O) groups is 1. The predicted octanol–water partition coefficient (Wildman–Crippen LogP) is 4.11. The number of carbonyl (C=O) groups excluding carboxylic acids is 1. The molecule has 0 amide bonds. The molecule has 0 heterocycles. The molecule has 3 nitrogen and oxygen atoms in total. The number of hydrogen-bond acceptors (Lipinski definition) is 3. The second kappa shape index (κ2) is 13.8. The normalized spacial score (nSPS) is 13.9. The van der Waals surface area contributed by atoms with Crippen molar-refractivity contribution in [1.29, 1.82) is 0 Å². The fourth-order valence-electron chi connectivity index (χ4n) is 1.22. The Kier molecular flexibility index (Phi) is 12.7. The number of allylic oxidation sites excluding steroid dienone is 7. The van der Waals surface area contributed by atoms with Crippen LogP contribution in [0.25, 0.3) is 0 Å². The zero-order chi connectivity index (χ0) is 15.1. The molecule has 0 radical (unpaired) electrons. The summed E-state index contributed by atoms with van der Waals surface area (Å²) in [4.78, 5) is 16.2. The molecule has 0 aliphatic rings. The van der Waals surface area contributed by atoms with Crippen LogP contribution in [-0.2, 0) is 9.63 Å². The van der Waals surface area contributed by atoms with Crippen LogP contribution in [-0.4, -0.2) is 12.5 Å². The van der Waals surface area contributed by atoms with Gasteiger partial charge in [-0.1, -0.05) is 62.8 Å². The molecule has 0 aromatic heterocycles. The topological polar surface area (TPSA) is 38.3 Å². The van der Waals surface area contributed by atoms with Gasteiger partial charge in [-0.05, 0) is 25.7 Å². The highest BCUT2D eigenvalue weighted by Crippen LogP contribution is 1.97. The van der Waals surface area contributed by atoms with Gasteiger partial charge in [-0.2, -0.15) is 5.48 Å². The van der Waals surface area contributed by atoms with Crippen molar-refractivity contribution in [3.05, 3.63) is 48.6 Å². The molecular formula is C17H27NO2. The first-order valence-electron chi connectivity index (χ1n) is 7.25. The molecule has 0 spiro atoms. The fraction of sp³-hybridized carbons (Fsp3) is 0.471. The van der Waals surface area contributed by atoms with Gasteiger partial charge in [0.05, 0.1) is 0 Å². The minimum Gasteiger partial charge on any atom is -0.367 e. The first-order valence-corrected chi connectivity index (χ1v) is 7.25. The Morgan fingerprint density at radius 3 is 2.40 bits per heavy atom. The maximum absolute atomic E-state index is 11.3. The fourth-order valence-corrected chi connectivity index (χ4v) is 1.22. The van der Waals surface area contributed by atoms with Gasteiger partial charge < -0.3 is 4.84 Å². The number of rotatable bonds is 10. The van der Waals surface area contributed by atoms with Crippen LogP contribution in [0, 0.1) is 5.92 Å². The van der Waals surface area contributed by atoms with Crippen molar-refractivity contribution in [3.63, 3.8) is 0 Å². The zero-order valence-corrected chi connectivity index (χ0v) is 12.8. The summed E-state index contributed by atoms with van der Waals surface area (Å²) in [6.07, 6.45) is 18.2. The highest BCUT2D eigenvalue weighted by molar-refractivity contribution is 5.81. The first kappa shape index (κ1) is 18.4. The van der Waals surface area contributed by atoms with Gasteiger partial charge in [-0.25, -0.2) is 4.79 Å². The van der Waals surface area contributed by atoms with Crippen molar-refractivity contribution in [1.82, 2.24) is 5.48 Å². The van der Waals surface area contributed by atoms with E-state index in [1.165, 1.54) is 6.08 Å². The Bertz CT molecular complexity index is 354. The highest BCUT2D eigenvalue weighted by Gasteiger charge is 1.99. The van der Waals surface area contributed by atoms with Crippen molar-refractivity contribution in [3.8, 4) is 0 Å². The summed E-state index contributed by atoms with van der Waals surface area (Å²) in [6, 6.07) is 0. The smallest absolute Gasteiger partial charge is 0.349 e. The molecule has 112 valence electrons. The second-order valence-electron chi connectivity index (χ2n) is 4.60. The van der Waals surface area contributed by atoms with E-state index in [2.05, 4.69) is 25.4 Å². The van der Waals surface area contributed by atoms with E-state index in [1.54, 1.807) is 6.08 Å². The van der Waals surface area contributed by atoms with Crippen molar-refractivity contribution in [2.45, 2.75) is 40.0 Å². The Morgan fingerprint density at radius 2 is 1.80 bits per heavy atom. The maximum Gasteiger partial charge on any atom is 0.349 e. The van der Waals surface area contributed by atoms with Crippen LogP contribution in [0.3, 0.4) is 0 Å². The molecule has 0 bridgehead atoms. The highest BCUT2D eigenvalue weighted by atomic mass is 16.7. The summed E-state index contributed by atoms with van der Waals surface area (Å²) in [5.74, 6) is 0.133. The SMILES string of the molecule is C/C=C/C=C\CC/C=C/C=C/C(=O)ONCC(C)CC. The van der Waals surface area contributed by atoms with Crippen LogP contribution in [0.2, 0.25) is 0 Å². The Balaban J connectivity index is 3.64. The quantitative estimate of drug-likeness (QED) is 0.283. The number of nitrogens with one attached hydrogen (secondary N) is 1. The van der Waals surface area contributed by atoms with Crippen molar-refractivity contribution >= 4 is 5.97 Å². The van der Waals surface area contributed by atoms with Crippen molar-refractivity contribution in [2.24, 2.45) is 5.92 Å². The molecule has 0 rings (SSSR count). The summed E-state index contributed by atoms with van der Waals surface area (Å²) in [5, 5.41) is 0. The van der Waals surface area contributed by atoms with Crippen LogP contribution in [0.15, 0.2) is 48.6 Å². The average molecular weight is 277 g/mol. The zero-order valence-electron chi connectivity index (χ0n) is 12.8. The lowest BCUT2D eigenvalue weighted by Crippen LogP contribution is -2.23. The van der Waals surface area contributed by atoms with E-state index in [1.807, 2.05) is 37.3 Å². The Hall–Kier alpha value is -1.61. The molecule has 0 aromatic carbocycles. The molecule has 0 aliphatic heterocycles. The van der Waals surface area contributed by atoms with Gasteiger partial charge in [-0.3, -0.25) is 0 Å². The van der Waals surface area contributed by atoms with E-state index in [0.29, 0.717) is 12.5 Å². The third-order valence-electron chi connectivity index (χ3n) is 2.72. The molecule has 1 unspecified atom stereocenters. The van der Waals surface area contributed by atoms with E-state index in [0.717, 1.165) is 19.3 Å². The standard InChI is InChI=1S/C17H27NO2/c1-4-6-7-8-9-10-11-12-13-14-17(19)20-18-15-16(3)5-2/h4,6-8,11-14,16,18H,5,9-10,15H2,1-3H3/b6-4+,8-7-,12-11+,14-13+. The van der Waals surface area contributed by atoms with Crippen molar-refractivity contribution in [2.75, 3.05) is 6.54 Å². The molecular weight excluding hydrogens is 250 g/mol. The van der Waals surface area contributed by atoms with Crippen LogP contribution >= 0.6 is 0 Å².